The molecule has 0 aliphatic heterocycles. The van der Waals surface area contributed by atoms with Crippen molar-refractivity contribution in [2.75, 3.05) is 30.2 Å². The van der Waals surface area contributed by atoms with Crippen LogP contribution in [0, 0.1) is 0 Å². The molecule has 0 bridgehead atoms. The predicted molar refractivity (Wildman–Crippen MR) is 76.5 cm³/mol. The molecular weight excluding hydrogens is 248 g/mol. The van der Waals surface area contributed by atoms with Gasteiger partial charge in [0, 0.05) is 26.2 Å². The number of aromatic nitrogens is 2. The monoisotopic (exact) mass is 268 g/mol. The quantitative estimate of drug-likeness (QED) is 0.853. The fourth-order valence-electron chi connectivity index (χ4n) is 2.43. The molecule has 0 spiro atoms. The first-order valence-corrected chi connectivity index (χ1v) is 7.03. The third-order valence-corrected chi connectivity index (χ3v) is 4.01. The molecule has 2 rings (SSSR count). The summed E-state index contributed by atoms with van der Waals surface area (Å²) in [6.07, 6.45) is 7.83. The molecule has 1 saturated carbocycles. The van der Waals surface area contributed by atoms with Gasteiger partial charge in [-0.15, -0.1) is 11.6 Å². The van der Waals surface area contributed by atoms with Crippen LogP contribution in [-0.4, -0.2) is 35.5 Å². The molecule has 1 heterocycles. The molecule has 1 aliphatic rings. The van der Waals surface area contributed by atoms with Gasteiger partial charge in [-0.1, -0.05) is 19.3 Å². The van der Waals surface area contributed by atoms with Crippen molar-refractivity contribution in [1.82, 2.24) is 9.97 Å². The van der Waals surface area contributed by atoms with E-state index >= 15 is 0 Å². The zero-order chi connectivity index (χ0) is 13.0. The van der Waals surface area contributed by atoms with Crippen LogP contribution in [0.25, 0.3) is 0 Å². The van der Waals surface area contributed by atoms with Gasteiger partial charge in [0.2, 0.25) is 5.95 Å². The average molecular weight is 269 g/mol. The van der Waals surface area contributed by atoms with Crippen LogP contribution in [0.2, 0.25) is 0 Å². The van der Waals surface area contributed by atoms with E-state index in [0.717, 1.165) is 24.6 Å². The molecule has 0 aromatic carbocycles. The highest BCUT2D eigenvalue weighted by atomic mass is 35.5. The first kappa shape index (κ1) is 13.4. The first-order chi connectivity index (χ1) is 8.65. The van der Waals surface area contributed by atoms with E-state index in [1.54, 1.807) is 6.20 Å². The smallest absolute Gasteiger partial charge is 0.226 e. The van der Waals surface area contributed by atoms with Crippen LogP contribution in [0.15, 0.2) is 12.3 Å². The number of anilines is 2. The molecule has 18 heavy (non-hydrogen) atoms. The van der Waals surface area contributed by atoms with E-state index < -0.39 is 0 Å². The Hall–Kier alpha value is -1.03. The van der Waals surface area contributed by atoms with Crippen molar-refractivity contribution < 1.29 is 0 Å². The van der Waals surface area contributed by atoms with E-state index in [4.69, 9.17) is 11.6 Å². The number of alkyl halides is 1. The third kappa shape index (κ3) is 3.05. The summed E-state index contributed by atoms with van der Waals surface area (Å²) in [6.45, 7) is 0. The Labute approximate surface area is 114 Å². The maximum absolute atomic E-state index is 6.17. The van der Waals surface area contributed by atoms with E-state index in [0.29, 0.717) is 5.88 Å². The first-order valence-electron chi connectivity index (χ1n) is 6.50. The van der Waals surface area contributed by atoms with E-state index in [2.05, 4.69) is 15.3 Å². The van der Waals surface area contributed by atoms with Crippen LogP contribution >= 0.6 is 11.6 Å². The number of nitrogens with zero attached hydrogens (tertiary/aromatic N) is 3. The zero-order valence-electron chi connectivity index (χ0n) is 11.1. The average Bonchev–Trinajstić information content (AvgIpc) is 2.40. The van der Waals surface area contributed by atoms with Crippen molar-refractivity contribution in [2.24, 2.45) is 0 Å². The molecule has 100 valence electrons. The Morgan fingerprint density at radius 3 is 2.67 bits per heavy atom. The number of nitrogens with one attached hydrogen (secondary N) is 1. The maximum atomic E-state index is 6.17. The summed E-state index contributed by atoms with van der Waals surface area (Å²) in [5.74, 6) is 2.23. The van der Waals surface area contributed by atoms with Gasteiger partial charge in [0.1, 0.15) is 5.82 Å². The summed E-state index contributed by atoms with van der Waals surface area (Å²) >= 11 is 6.17. The van der Waals surface area contributed by atoms with Crippen molar-refractivity contribution in [3.05, 3.63) is 12.3 Å². The second-order valence-electron chi connectivity index (χ2n) is 5.24. The maximum Gasteiger partial charge on any atom is 0.226 e. The molecule has 1 aromatic rings. The van der Waals surface area contributed by atoms with Gasteiger partial charge in [-0.25, -0.2) is 4.98 Å². The molecule has 1 fully saturated rings. The van der Waals surface area contributed by atoms with E-state index in [-0.39, 0.29) is 5.54 Å². The Morgan fingerprint density at radius 1 is 1.33 bits per heavy atom. The summed E-state index contributed by atoms with van der Waals surface area (Å²) in [7, 11) is 3.88. The highest BCUT2D eigenvalue weighted by Crippen LogP contribution is 2.32. The molecule has 0 saturated heterocycles. The fraction of sp³-hybridized carbons (Fsp3) is 0.692. The van der Waals surface area contributed by atoms with Crippen LogP contribution < -0.4 is 10.2 Å². The van der Waals surface area contributed by atoms with Crippen molar-refractivity contribution in [1.29, 1.82) is 0 Å². The lowest BCUT2D eigenvalue weighted by molar-refractivity contribution is 0.352. The molecular formula is C13H21ClN4. The minimum Gasteiger partial charge on any atom is -0.363 e. The lowest BCUT2D eigenvalue weighted by Crippen LogP contribution is -2.42. The summed E-state index contributed by atoms with van der Waals surface area (Å²) in [5.41, 5.74) is 0.0116. The number of hydrogen-bond donors (Lipinski definition) is 1. The fourth-order valence-corrected chi connectivity index (χ4v) is 2.76. The van der Waals surface area contributed by atoms with Gasteiger partial charge >= 0.3 is 0 Å². The lowest BCUT2D eigenvalue weighted by atomic mass is 9.83. The molecule has 1 aliphatic carbocycles. The topological polar surface area (TPSA) is 41.1 Å². The van der Waals surface area contributed by atoms with Gasteiger partial charge in [-0.05, 0) is 18.9 Å². The van der Waals surface area contributed by atoms with Gasteiger partial charge in [-0.3, -0.25) is 0 Å². The lowest BCUT2D eigenvalue weighted by Gasteiger charge is -2.37. The van der Waals surface area contributed by atoms with Gasteiger partial charge in [0.15, 0.2) is 0 Å². The van der Waals surface area contributed by atoms with Crippen molar-refractivity contribution in [2.45, 2.75) is 37.6 Å². The molecule has 1 N–H and O–H groups in total. The normalized spacial score (nSPS) is 18.4. The van der Waals surface area contributed by atoms with Crippen LogP contribution in [0.5, 0.6) is 0 Å². The predicted octanol–water partition coefficient (Wildman–Crippen LogP) is 2.90. The summed E-state index contributed by atoms with van der Waals surface area (Å²) in [4.78, 5) is 10.6. The second-order valence-corrected chi connectivity index (χ2v) is 5.50. The molecule has 0 unspecified atom stereocenters. The van der Waals surface area contributed by atoms with Crippen LogP contribution in [0.3, 0.4) is 0 Å². The van der Waals surface area contributed by atoms with Gasteiger partial charge < -0.3 is 10.2 Å². The highest BCUT2D eigenvalue weighted by Gasteiger charge is 2.31. The zero-order valence-corrected chi connectivity index (χ0v) is 11.9. The van der Waals surface area contributed by atoms with Gasteiger partial charge in [0.05, 0.1) is 5.54 Å². The standard InChI is InChI=1S/C13H21ClN4/c1-18(2)12-15-9-6-11(16-12)17-13(10-14)7-4-3-5-8-13/h6,9H,3-5,7-8,10H2,1-2H3,(H,15,16,17). The molecule has 5 heteroatoms. The summed E-state index contributed by atoms with van der Waals surface area (Å²) in [5, 5.41) is 3.53. The highest BCUT2D eigenvalue weighted by molar-refractivity contribution is 6.18. The minimum atomic E-state index is 0.0116. The van der Waals surface area contributed by atoms with E-state index in [9.17, 15) is 0 Å². The summed E-state index contributed by atoms with van der Waals surface area (Å²) in [6, 6.07) is 1.91. The van der Waals surface area contributed by atoms with Crippen LogP contribution in [0.4, 0.5) is 11.8 Å². The Morgan fingerprint density at radius 2 is 2.06 bits per heavy atom. The molecule has 1 aromatic heterocycles. The van der Waals surface area contributed by atoms with Crippen molar-refractivity contribution in [3.8, 4) is 0 Å². The minimum absolute atomic E-state index is 0.0116. The van der Waals surface area contributed by atoms with Crippen LogP contribution in [-0.2, 0) is 0 Å². The Bertz CT molecular complexity index is 388. The number of hydrogen-bond acceptors (Lipinski definition) is 4. The number of halogens is 1. The Balaban J connectivity index is 2.13. The molecule has 0 radical (unpaired) electrons. The SMILES string of the molecule is CN(C)c1nccc(NC2(CCl)CCCCC2)n1. The molecule has 0 atom stereocenters. The molecule has 4 nitrogen and oxygen atoms in total. The summed E-state index contributed by atoms with van der Waals surface area (Å²) < 4.78 is 0. The van der Waals surface area contributed by atoms with E-state index in [1.807, 2.05) is 25.1 Å². The van der Waals surface area contributed by atoms with E-state index in [1.165, 1.54) is 19.3 Å². The largest absolute Gasteiger partial charge is 0.363 e. The van der Waals surface area contributed by atoms with Crippen molar-refractivity contribution >= 4 is 23.4 Å². The van der Waals surface area contributed by atoms with Gasteiger partial charge in [-0.2, -0.15) is 4.98 Å². The molecule has 0 amide bonds. The van der Waals surface area contributed by atoms with Crippen LogP contribution in [0.1, 0.15) is 32.1 Å². The third-order valence-electron chi connectivity index (χ3n) is 3.50. The second kappa shape index (κ2) is 5.74. The Kier molecular flexibility index (Phi) is 4.27. The van der Waals surface area contributed by atoms with Crippen molar-refractivity contribution in [3.63, 3.8) is 0 Å². The number of rotatable bonds is 4. The van der Waals surface area contributed by atoms with Gasteiger partial charge in [0.25, 0.3) is 0 Å².